The van der Waals surface area contributed by atoms with Crippen LogP contribution in [-0.2, 0) is 10.3 Å². The Morgan fingerprint density at radius 2 is 2.31 bits per heavy atom. The number of halogens is 1. The van der Waals surface area contributed by atoms with Gasteiger partial charge in [0.1, 0.15) is 5.54 Å². The number of likely N-dealkylation sites (N-methyl/N-ethyl adjacent to an activating group) is 1. The van der Waals surface area contributed by atoms with E-state index in [1.54, 1.807) is 12.1 Å². The van der Waals surface area contributed by atoms with E-state index in [1.807, 2.05) is 0 Å². The van der Waals surface area contributed by atoms with Gasteiger partial charge in [-0.25, -0.2) is 0 Å². The highest BCUT2D eigenvalue weighted by Crippen LogP contribution is 2.37. The maximum Gasteiger partial charge on any atom is 0.157 e. The minimum atomic E-state index is -2.67. The van der Waals surface area contributed by atoms with E-state index in [4.69, 9.17) is 18.5 Å². The quantitative estimate of drug-likeness (QED) is 0.864. The number of carbonyl (C=O) groups excluding carboxylic acids is 1. The first-order chi connectivity index (χ1) is 9.60. The average Bonchev–Trinajstić information content (AvgIpc) is 2.33. The second-order valence-electron chi connectivity index (χ2n) is 3.81. The van der Waals surface area contributed by atoms with Gasteiger partial charge in [-0.05, 0) is 31.4 Å². The Kier molecular flexibility index (Phi) is 1.93. The lowest BCUT2D eigenvalue weighted by Crippen LogP contribution is -2.49. The molecule has 1 aromatic carbocycles. The molecule has 2 nitrogen and oxygen atoms in total. The number of ketones is 1. The van der Waals surface area contributed by atoms with Crippen LogP contribution >= 0.6 is 11.6 Å². The van der Waals surface area contributed by atoms with Gasteiger partial charge in [-0.1, -0.05) is 36.2 Å². The van der Waals surface area contributed by atoms with Crippen LogP contribution in [0.4, 0.5) is 0 Å². The van der Waals surface area contributed by atoms with Crippen molar-refractivity contribution >= 4 is 17.4 Å². The molecule has 0 aliphatic heterocycles. The molecule has 1 aromatic rings. The van der Waals surface area contributed by atoms with E-state index in [1.165, 1.54) is 12.1 Å². The van der Waals surface area contributed by atoms with Gasteiger partial charge in [-0.3, -0.25) is 4.79 Å². The molecule has 0 bridgehead atoms. The second kappa shape index (κ2) is 4.56. The first-order valence-electron chi connectivity index (χ1n) is 7.68. The number of Topliss-reactive ketones (excluding diaryl/α,β-unsaturated/α-hetero) is 1. The molecule has 0 radical (unpaired) electrons. The molecule has 2 rings (SSSR count). The largest absolute Gasteiger partial charge is 0.304 e. The van der Waals surface area contributed by atoms with Crippen molar-refractivity contribution in [1.29, 1.82) is 0 Å². The van der Waals surface area contributed by atoms with Gasteiger partial charge in [0.05, 0.1) is 0 Å². The Morgan fingerprint density at radius 3 is 3.00 bits per heavy atom. The Balaban J connectivity index is 2.70. The third-order valence-corrected chi connectivity index (χ3v) is 3.18. The predicted molar refractivity (Wildman–Crippen MR) is 65.7 cm³/mol. The van der Waals surface area contributed by atoms with Crippen LogP contribution in [-0.4, -0.2) is 12.8 Å². The van der Waals surface area contributed by atoms with Crippen molar-refractivity contribution in [2.45, 2.75) is 31.2 Å². The number of carbonyl (C=O) groups is 1. The molecule has 0 spiro atoms. The van der Waals surface area contributed by atoms with Gasteiger partial charge < -0.3 is 5.32 Å². The maximum atomic E-state index is 12.6. The zero-order valence-corrected chi connectivity index (χ0v) is 9.47. The Labute approximate surface area is 108 Å². The first kappa shape index (κ1) is 6.77. The van der Waals surface area contributed by atoms with E-state index in [2.05, 4.69) is 5.32 Å². The van der Waals surface area contributed by atoms with Gasteiger partial charge in [0.15, 0.2) is 5.78 Å². The molecule has 1 aliphatic rings. The minimum absolute atomic E-state index is 0.0903. The van der Waals surface area contributed by atoms with E-state index < -0.39 is 24.7 Å². The lowest BCUT2D eigenvalue weighted by atomic mass is 9.75. The molecule has 1 saturated carbocycles. The molecule has 1 N–H and O–H groups in total. The monoisotopic (exact) mass is 242 g/mol. The van der Waals surface area contributed by atoms with E-state index in [-0.39, 0.29) is 23.4 Å². The van der Waals surface area contributed by atoms with Crippen LogP contribution in [0.5, 0.6) is 0 Å². The minimum Gasteiger partial charge on any atom is -0.304 e. The van der Waals surface area contributed by atoms with Crippen LogP contribution in [0.3, 0.4) is 0 Å². The van der Waals surface area contributed by atoms with Crippen LogP contribution in [0.1, 0.15) is 38.1 Å². The number of hydrogen-bond donors (Lipinski definition) is 1. The summed E-state index contributed by atoms with van der Waals surface area (Å²) in [4.78, 5) is 12.6. The maximum absolute atomic E-state index is 12.6. The van der Waals surface area contributed by atoms with Crippen LogP contribution in [0.15, 0.2) is 24.3 Å². The van der Waals surface area contributed by atoms with Crippen molar-refractivity contribution in [3.8, 4) is 0 Å². The molecular weight excluding hydrogens is 222 g/mol. The number of rotatable bonds is 2. The highest BCUT2D eigenvalue weighted by molar-refractivity contribution is 6.31. The van der Waals surface area contributed by atoms with Gasteiger partial charge in [0, 0.05) is 18.3 Å². The second-order valence-corrected chi connectivity index (χ2v) is 4.22. The third-order valence-electron chi connectivity index (χ3n) is 2.85. The summed E-state index contributed by atoms with van der Waals surface area (Å²) in [5.74, 6) is -0.483. The molecular formula is C13H16ClNO. The zero-order chi connectivity index (χ0) is 15.9. The summed E-state index contributed by atoms with van der Waals surface area (Å²) in [7, 11) is 0. The van der Waals surface area contributed by atoms with Crippen molar-refractivity contribution in [2.24, 2.45) is 0 Å². The lowest BCUT2D eigenvalue weighted by Gasteiger charge is -2.36. The Bertz CT molecular complexity index is 560. The van der Waals surface area contributed by atoms with Gasteiger partial charge in [0.25, 0.3) is 0 Å². The zero-order valence-electron chi connectivity index (χ0n) is 13.7. The topological polar surface area (TPSA) is 29.1 Å². The molecule has 0 saturated heterocycles. The van der Waals surface area contributed by atoms with Crippen molar-refractivity contribution in [1.82, 2.24) is 5.32 Å². The van der Waals surface area contributed by atoms with Crippen LogP contribution in [0, 0.1) is 0 Å². The molecule has 1 aliphatic carbocycles. The Morgan fingerprint density at radius 1 is 1.50 bits per heavy atom. The van der Waals surface area contributed by atoms with Gasteiger partial charge in [-0.15, -0.1) is 0 Å². The smallest absolute Gasteiger partial charge is 0.157 e. The van der Waals surface area contributed by atoms with Crippen molar-refractivity contribution in [3.63, 3.8) is 0 Å². The third kappa shape index (κ3) is 1.76. The summed E-state index contributed by atoms with van der Waals surface area (Å²) in [5, 5.41) is 2.43. The van der Waals surface area contributed by atoms with Gasteiger partial charge >= 0.3 is 0 Å². The fourth-order valence-electron chi connectivity index (χ4n) is 2.00. The number of benzene rings is 1. The first-order valence-corrected chi connectivity index (χ1v) is 5.56. The highest BCUT2D eigenvalue weighted by Gasteiger charge is 2.40. The molecule has 1 unspecified atom stereocenters. The lowest BCUT2D eigenvalue weighted by molar-refractivity contribution is -0.127. The molecule has 1 atom stereocenters. The molecule has 3 heteroatoms. The van der Waals surface area contributed by atoms with E-state index in [0.717, 1.165) is 0 Å². The molecule has 0 amide bonds. The normalized spacial score (nSPS) is 34.3. The fourth-order valence-corrected chi connectivity index (χ4v) is 2.28. The summed E-state index contributed by atoms with van der Waals surface area (Å²) >= 11 is 6.13. The number of nitrogens with one attached hydrogen (secondary N) is 1. The molecule has 16 heavy (non-hydrogen) atoms. The SMILES string of the molecule is [2H]C([2H])([2H])NC1(c2ccccc2Cl)C(=O)CCCC1([2H])[2H]. The summed E-state index contributed by atoms with van der Waals surface area (Å²) in [5.41, 5.74) is -1.77. The Hall–Kier alpha value is -0.860. The fraction of sp³-hybridized carbons (Fsp3) is 0.462. The van der Waals surface area contributed by atoms with Crippen LogP contribution in [0.2, 0.25) is 5.02 Å². The molecule has 0 heterocycles. The van der Waals surface area contributed by atoms with Crippen LogP contribution < -0.4 is 5.32 Å². The summed E-state index contributed by atoms with van der Waals surface area (Å²) in [6.07, 6.45) is -1.44. The van der Waals surface area contributed by atoms with Crippen molar-refractivity contribution in [2.75, 3.05) is 6.98 Å². The van der Waals surface area contributed by atoms with Crippen molar-refractivity contribution in [3.05, 3.63) is 34.9 Å². The summed E-state index contributed by atoms with van der Waals surface area (Å²) in [6, 6.07) is 6.29. The standard InChI is InChI=1S/C13H16ClNO/c1-15-13(9-5-4-8-12(13)16)10-6-2-3-7-11(10)14/h2-3,6-7,15H,4-5,8-9H2,1H3/i1D3,9D2. The van der Waals surface area contributed by atoms with Gasteiger partial charge in [0.2, 0.25) is 0 Å². The molecule has 86 valence electrons. The van der Waals surface area contributed by atoms with E-state index in [0.29, 0.717) is 6.42 Å². The molecule has 0 aromatic heterocycles. The van der Waals surface area contributed by atoms with Crippen LogP contribution in [0.25, 0.3) is 0 Å². The summed E-state index contributed by atoms with van der Waals surface area (Å²) < 4.78 is 38.8. The molecule has 1 fully saturated rings. The van der Waals surface area contributed by atoms with E-state index >= 15 is 0 Å². The predicted octanol–water partition coefficient (Wildman–Crippen LogP) is 2.90. The number of hydrogen-bond acceptors (Lipinski definition) is 2. The summed E-state index contributed by atoms with van der Waals surface area (Å²) in [6.45, 7) is -2.67. The van der Waals surface area contributed by atoms with Gasteiger partial charge in [-0.2, -0.15) is 0 Å². The van der Waals surface area contributed by atoms with E-state index in [9.17, 15) is 4.79 Å². The average molecular weight is 243 g/mol. The van der Waals surface area contributed by atoms with Crippen molar-refractivity contribution < 1.29 is 11.6 Å². The highest BCUT2D eigenvalue weighted by atomic mass is 35.5.